The Morgan fingerprint density at radius 3 is 2.05 bits per heavy atom. The smallest absolute Gasteiger partial charge is 0.324 e. The number of nitrogens with one attached hydrogen (secondary N) is 2. The average molecular weight is 595 g/mol. The van der Waals surface area contributed by atoms with Crippen LogP contribution < -0.4 is 10.6 Å². The van der Waals surface area contributed by atoms with Gasteiger partial charge < -0.3 is 20.1 Å². The maximum atomic E-state index is 13.4. The number of rotatable bonds is 17. The average Bonchev–Trinajstić information content (AvgIpc) is 3.18. The Hall–Kier alpha value is -2.95. The van der Waals surface area contributed by atoms with Gasteiger partial charge in [-0.1, -0.05) is 48.0 Å². The molecule has 1 rings (SSSR count). The van der Waals surface area contributed by atoms with Crippen LogP contribution in [0.5, 0.6) is 0 Å². The van der Waals surface area contributed by atoms with Gasteiger partial charge in [-0.15, -0.1) is 0 Å². The number of carbonyl (C=O) groups excluding carboxylic acids is 5. The molecule has 6 atom stereocenters. The van der Waals surface area contributed by atoms with Crippen molar-refractivity contribution < 1.29 is 33.4 Å². The van der Waals surface area contributed by atoms with Crippen LogP contribution in [0.1, 0.15) is 87.5 Å². The topological polar surface area (TPSA) is 134 Å². The lowest BCUT2D eigenvalue weighted by Gasteiger charge is -2.30. The zero-order valence-electron chi connectivity index (χ0n) is 27.5. The van der Waals surface area contributed by atoms with E-state index in [0.29, 0.717) is 25.0 Å². The first-order valence-corrected chi connectivity index (χ1v) is 15.1. The quantitative estimate of drug-likeness (QED) is 0.246. The Morgan fingerprint density at radius 2 is 1.57 bits per heavy atom. The summed E-state index contributed by atoms with van der Waals surface area (Å²) >= 11 is 0. The third-order valence-electron chi connectivity index (χ3n) is 7.54. The number of ether oxygens (including phenoxy) is 2. The zero-order chi connectivity index (χ0) is 32.3. The highest BCUT2D eigenvalue weighted by molar-refractivity contribution is 6.04. The molecule has 0 aromatic carbocycles. The molecule has 11 heteroatoms. The molecule has 0 saturated carbocycles. The molecule has 1 aliphatic heterocycles. The summed E-state index contributed by atoms with van der Waals surface area (Å²) in [7, 11) is 5.07. The lowest BCUT2D eigenvalue weighted by Crippen LogP contribution is -2.53. The largest absolute Gasteiger partial charge is 0.499 e. The van der Waals surface area contributed by atoms with Crippen molar-refractivity contribution in [2.75, 3.05) is 21.2 Å². The summed E-state index contributed by atoms with van der Waals surface area (Å²) in [6.45, 7) is 15.2. The lowest BCUT2D eigenvalue weighted by molar-refractivity contribution is -0.163. The molecule has 11 nitrogen and oxygen atoms in total. The Morgan fingerprint density at radius 1 is 0.976 bits per heavy atom. The summed E-state index contributed by atoms with van der Waals surface area (Å²) in [6.07, 6.45) is 2.11. The molecule has 0 spiro atoms. The van der Waals surface area contributed by atoms with Crippen molar-refractivity contribution in [1.82, 2.24) is 20.4 Å². The third-order valence-corrected chi connectivity index (χ3v) is 7.54. The Kier molecular flexibility index (Phi) is 15.2. The van der Waals surface area contributed by atoms with Crippen molar-refractivity contribution >= 4 is 29.6 Å². The van der Waals surface area contributed by atoms with E-state index in [4.69, 9.17) is 9.47 Å². The minimum absolute atomic E-state index is 0.0354. The molecule has 0 radical (unpaired) electrons. The third kappa shape index (κ3) is 11.0. The molecule has 0 aromatic rings. The highest BCUT2D eigenvalue weighted by Crippen LogP contribution is 2.22. The maximum absolute atomic E-state index is 13.4. The Labute approximate surface area is 252 Å². The van der Waals surface area contributed by atoms with Crippen LogP contribution in [0, 0.1) is 17.8 Å². The van der Waals surface area contributed by atoms with Crippen molar-refractivity contribution in [2.24, 2.45) is 17.8 Å². The number of amides is 4. The zero-order valence-corrected chi connectivity index (χ0v) is 27.5. The number of hydrogen-bond acceptors (Lipinski definition) is 8. The maximum Gasteiger partial charge on any atom is 0.324 e. The normalized spacial score (nSPS) is 18.8. The fraction of sp³-hybridized carbons (Fsp3) is 0.774. The standard InChI is InChI=1S/C31H54N4O7/c1-12-20(6)28(34(9)10)31(40)42-25(16-19(4)5)30(39)33-23(15-18(2)3)29(38)32-21(7)13-14-26(36)35-22(8)24(41-11)17-27(35)37/h17-23,25,28H,12-16H2,1-11H3,(H,32,38)(H,33,39)/t20-,21-,22-,23-,25-,28-/m0/s1. The van der Waals surface area contributed by atoms with Gasteiger partial charge in [-0.3, -0.25) is 33.8 Å². The summed E-state index contributed by atoms with van der Waals surface area (Å²) in [4.78, 5) is 67.8. The second kappa shape index (κ2) is 17.2. The van der Waals surface area contributed by atoms with Crippen LogP contribution in [0.3, 0.4) is 0 Å². The van der Waals surface area contributed by atoms with Gasteiger partial charge in [0.25, 0.3) is 11.8 Å². The van der Waals surface area contributed by atoms with Crippen molar-refractivity contribution in [1.29, 1.82) is 0 Å². The van der Waals surface area contributed by atoms with E-state index >= 15 is 0 Å². The predicted octanol–water partition coefficient (Wildman–Crippen LogP) is 3.02. The summed E-state index contributed by atoms with van der Waals surface area (Å²) in [6, 6.07) is -2.21. The van der Waals surface area contributed by atoms with Crippen LogP contribution in [0.15, 0.2) is 11.8 Å². The summed E-state index contributed by atoms with van der Waals surface area (Å²) in [5.41, 5.74) is 0. The molecule has 1 aliphatic rings. The molecule has 0 fully saturated rings. The monoisotopic (exact) mass is 594 g/mol. The Balaban J connectivity index is 2.91. The molecule has 42 heavy (non-hydrogen) atoms. The number of likely N-dealkylation sites (N-methyl/N-ethyl adjacent to an activating group) is 1. The van der Waals surface area contributed by atoms with E-state index in [0.717, 1.165) is 11.3 Å². The van der Waals surface area contributed by atoms with Gasteiger partial charge in [-0.2, -0.15) is 0 Å². The van der Waals surface area contributed by atoms with E-state index in [9.17, 15) is 24.0 Å². The SMILES string of the molecule is CC[C@H](C)[C@@H](C(=O)O[C@@H](CC(C)C)C(=O)N[C@@H](CC(C)C)C(=O)N[C@@H](C)CCC(=O)N1C(=O)C=C(OC)[C@@H]1C)N(C)C. The van der Waals surface area contributed by atoms with Crippen LogP contribution >= 0.6 is 0 Å². The van der Waals surface area contributed by atoms with Gasteiger partial charge in [-0.25, -0.2) is 0 Å². The molecule has 1 heterocycles. The number of methoxy groups -OCH3 is 1. The summed E-state index contributed by atoms with van der Waals surface area (Å²) in [5, 5.41) is 5.72. The minimum atomic E-state index is -1.04. The number of nitrogens with zero attached hydrogens (tertiary/aromatic N) is 2. The first kappa shape index (κ1) is 37.1. The van der Waals surface area contributed by atoms with Crippen molar-refractivity contribution in [2.45, 2.75) is 118 Å². The highest BCUT2D eigenvalue weighted by atomic mass is 16.5. The second-order valence-electron chi connectivity index (χ2n) is 12.5. The van der Waals surface area contributed by atoms with E-state index in [1.54, 1.807) is 18.7 Å². The highest BCUT2D eigenvalue weighted by Gasteiger charge is 2.36. The van der Waals surface area contributed by atoms with Crippen LogP contribution in [-0.4, -0.2) is 90.9 Å². The molecule has 0 aromatic heterocycles. The molecule has 2 N–H and O–H groups in total. The molecule has 4 amide bonds. The molecule has 0 unspecified atom stereocenters. The van der Waals surface area contributed by atoms with Crippen molar-refractivity contribution in [3.63, 3.8) is 0 Å². The number of imide groups is 1. The Bertz CT molecular complexity index is 978. The number of hydrogen-bond donors (Lipinski definition) is 2. The molecule has 0 aliphatic carbocycles. The van der Waals surface area contributed by atoms with E-state index < -0.39 is 48.1 Å². The van der Waals surface area contributed by atoms with Gasteiger partial charge in [0, 0.05) is 18.5 Å². The number of esters is 1. The molecular formula is C31H54N4O7. The van der Waals surface area contributed by atoms with Gasteiger partial charge in [0.2, 0.25) is 11.8 Å². The van der Waals surface area contributed by atoms with E-state index in [-0.39, 0.29) is 36.0 Å². The molecular weight excluding hydrogens is 540 g/mol. The van der Waals surface area contributed by atoms with Crippen LogP contribution in [0.2, 0.25) is 0 Å². The molecule has 0 bridgehead atoms. The minimum Gasteiger partial charge on any atom is -0.499 e. The summed E-state index contributed by atoms with van der Waals surface area (Å²) in [5.74, 6) is -1.49. The van der Waals surface area contributed by atoms with Crippen LogP contribution in [0.25, 0.3) is 0 Å². The first-order chi connectivity index (χ1) is 19.5. The lowest BCUT2D eigenvalue weighted by atomic mass is 9.98. The van der Waals surface area contributed by atoms with Crippen LogP contribution in [-0.2, 0) is 33.4 Å². The molecule has 240 valence electrons. The van der Waals surface area contributed by atoms with E-state index in [1.165, 1.54) is 13.2 Å². The van der Waals surface area contributed by atoms with Gasteiger partial charge in [0.1, 0.15) is 17.8 Å². The number of carbonyl (C=O) groups is 5. The predicted molar refractivity (Wildman–Crippen MR) is 161 cm³/mol. The van der Waals surface area contributed by atoms with Gasteiger partial charge in [0.15, 0.2) is 6.10 Å². The van der Waals surface area contributed by atoms with Crippen molar-refractivity contribution in [3.8, 4) is 0 Å². The molecule has 0 saturated heterocycles. The van der Waals surface area contributed by atoms with Gasteiger partial charge >= 0.3 is 5.97 Å². The van der Waals surface area contributed by atoms with Gasteiger partial charge in [-0.05, 0) is 65.0 Å². The fourth-order valence-corrected chi connectivity index (χ4v) is 5.06. The van der Waals surface area contributed by atoms with Crippen molar-refractivity contribution in [3.05, 3.63) is 11.8 Å². The van der Waals surface area contributed by atoms with E-state index in [1.807, 2.05) is 55.6 Å². The van der Waals surface area contributed by atoms with Crippen LogP contribution in [0.4, 0.5) is 0 Å². The summed E-state index contributed by atoms with van der Waals surface area (Å²) < 4.78 is 10.9. The first-order valence-electron chi connectivity index (χ1n) is 15.1. The van der Waals surface area contributed by atoms with Gasteiger partial charge in [0.05, 0.1) is 13.2 Å². The second-order valence-corrected chi connectivity index (χ2v) is 12.5. The fourth-order valence-electron chi connectivity index (χ4n) is 5.06. The van der Waals surface area contributed by atoms with E-state index in [2.05, 4.69) is 10.6 Å².